The highest BCUT2D eigenvalue weighted by Crippen LogP contribution is 2.33. The maximum Gasteiger partial charge on any atom is 0.123 e. The fourth-order valence-corrected chi connectivity index (χ4v) is 1.81. The van der Waals surface area contributed by atoms with E-state index in [9.17, 15) is 0 Å². The molecule has 0 spiro atoms. The summed E-state index contributed by atoms with van der Waals surface area (Å²) in [5.41, 5.74) is 2.47. The van der Waals surface area contributed by atoms with Crippen LogP contribution in [0.25, 0.3) is 6.08 Å². The van der Waals surface area contributed by atoms with Gasteiger partial charge in [0.1, 0.15) is 11.4 Å². The van der Waals surface area contributed by atoms with Crippen molar-refractivity contribution in [1.82, 2.24) is 0 Å². The summed E-state index contributed by atoms with van der Waals surface area (Å²) in [6.07, 6.45) is 4.06. The van der Waals surface area contributed by atoms with Crippen molar-refractivity contribution in [3.05, 3.63) is 35.9 Å². The number of ether oxygens (including phenoxy) is 1. The second-order valence-corrected chi connectivity index (χ2v) is 4.43. The quantitative estimate of drug-likeness (QED) is 0.656. The molecule has 0 aromatic heterocycles. The van der Waals surface area contributed by atoms with Crippen LogP contribution in [0, 0.1) is 0 Å². The lowest BCUT2D eigenvalue weighted by atomic mass is 9.93. The molecule has 1 aliphatic heterocycles. The topological polar surface area (TPSA) is 9.23 Å². The Morgan fingerprint density at radius 3 is 2.93 bits per heavy atom. The number of hydrogen-bond acceptors (Lipinski definition) is 1. The molecule has 0 atom stereocenters. The number of benzene rings is 1. The fourth-order valence-electron chi connectivity index (χ4n) is 1.81. The van der Waals surface area contributed by atoms with Gasteiger partial charge in [-0.3, -0.25) is 0 Å². The molecule has 0 saturated carbocycles. The van der Waals surface area contributed by atoms with E-state index >= 15 is 0 Å². The van der Waals surface area contributed by atoms with Gasteiger partial charge in [-0.1, -0.05) is 18.7 Å². The maximum absolute atomic E-state index is 5.88. The summed E-state index contributed by atoms with van der Waals surface area (Å²) in [5.74, 6) is 1.03. The fraction of sp³-hybridized carbons (Fsp3) is 0.385. The minimum atomic E-state index is -0.0112. The monoisotopic (exact) mass is 188 g/mol. The Kier molecular flexibility index (Phi) is 2.10. The van der Waals surface area contributed by atoms with Crippen LogP contribution in [0.2, 0.25) is 0 Å². The Bertz CT molecular complexity index is 363. The van der Waals surface area contributed by atoms with Crippen molar-refractivity contribution in [3.63, 3.8) is 0 Å². The Hall–Kier alpha value is -1.24. The summed E-state index contributed by atoms with van der Waals surface area (Å²) in [4.78, 5) is 0. The maximum atomic E-state index is 5.88. The normalized spacial score (nSPS) is 18.1. The summed E-state index contributed by atoms with van der Waals surface area (Å²) < 4.78 is 5.88. The van der Waals surface area contributed by atoms with Crippen molar-refractivity contribution in [2.45, 2.75) is 32.3 Å². The van der Waals surface area contributed by atoms with Crippen molar-refractivity contribution >= 4 is 6.08 Å². The zero-order valence-corrected chi connectivity index (χ0v) is 8.84. The van der Waals surface area contributed by atoms with Crippen LogP contribution < -0.4 is 4.74 Å². The molecule has 14 heavy (non-hydrogen) atoms. The summed E-state index contributed by atoms with van der Waals surface area (Å²) in [6, 6.07) is 6.26. The molecule has 0 N–H and O–H groups in total. The van der Waals surface area contributed by atoms with Crippen molar-refractivity contribution in [2.24, 2.45) is 0 Å². The van der Waals surface area contributed by atoms with Crippen LogP contribution in [-0.4, -0.2) is 5.60 Å². The average Bonchev–Trinajstić information content (AvgIpc) is 2.16. The smallest absolute Gasteiger partial charge is 0.123 e. The van der Waals surface area contributed by atoms with E-state index in [1.165, 1.54) is 11.1 Å². The van der Waals surface area contributed by atoms with Crippen LogP contribution in [0.15, 0.2) is 24.8 Å². The molecule has 0 bridgehead atoms. The van der Waals surface area contributed by atoms with Gasteiger partial charge >= 0.3 is 0 Å². The van der Waals surface area contributed by atoms with Crippen LogP contribution in [-0.2, 0) is 6.42 Å². The molecule has 0 aliphatic carbocycles. The highest BCUT2D eigenvalue weighted by Gasteiger charge is 2.26. The third kappa shape index (κ3) is 1.67. The predicted molar refractivity (Wildman–Crippen MR) is 59.6 cm³/mol. The summed E-state index contributed by atoms with van der Waals surface area (Å²) in [5, 5.41) is 0. The zero-order chi connectivity index (χ0) is 10.2. The molecule has 2 rings (SSSR count). The predicted octanol–water partition coefficient (Wildman–Crippen LogP) is 3.43. The molecule has 0 amide bonds. The molecular formula is C13H16O. The van der Waals surface area contributed by atoms with Crippen LogP contribution in [0.5, 0.6) is 5.75 Å². The van der Waals surface area contributed by atoms with Gasteiger partial charge in [-0.2, -0.15) is 0 Å². The van der Waals surface area contributed by atoms with Gasteiger partial charge in [0.2, 0.25) is 0 Å². The lowest BCUT2D eigenvalue weighted by molar-refractivity contribution is 0.0847. The summed E-state index contributed by atoms with van der Waals surface area (Å²) >= 11 is 0. The molecule has 1 aromatic rings. The second-order valence-electron chi connectivity index (χ2n) is 4.43. The van der Waals surface area contributed by atoms with E-state index in [0.717, 1.165) is 18.6 Å². The molecule has 1 heteroatoms. The van der Waals surface area contributed by atoms with E-state index in [-0.39, 0.29) is 5.60 Å². The zero-order valence-electron chi connectivity index (χ0n) is 8.84. The minimum absolute atomic E-state index is 0.0112. The first-order chi connectivity index (χ1) is 6.61. The highest BCUT2D eigenvalue weighted by atomic mass is 16.5. The van der Waals surface area contributed by atoms with Crippen molar-refractivity contribution in [1.29, 1.82) is 0 Å². The lowest BCUT2D eigenvalue weighted by Gasteiger charge is -2.32. The first kappa shape index (κ1) is 9.32. The van der Waals surface area contributed by atoms with Gasteiger partial charge in [0, 0.05) is 0 Å². The standard InChI is InChI=1S/C13H16O/c1-4-10-5-6-12-11(9-10)7-8-13(2,3)14-12/h4-6,9H,1,7-8H2,2-3H3. The molecule has 1 heterocycles. The molecule has 0 radical (unpaired) electrons. The van der Waals surface area contributed by atoms with Gasteiger partial charge < -0.3 is 4.74 Å². The van der Waals surface area contributed by atoms with Gasteiger partial charge in [0.05, 0.1) is 0 Å². The third-order valence-corrected chi connectivity index (χ3v) is 2.70. The molecule has 1 aliphatic rings. The Morgan fingerprint density at radius 1 is 1.43 bits per heavy atom. The number of hydrogen-bond donors (Lipinski definition) is 0. The van der Waals surface area contributed by atoms with Crippen molar-refractivity contribution in [3.8, 4) is 5.75 Å². The summed E-state index contributed by atoms with van der Waals surface area (Å²) in [7, 11) is 0. The SMILES string of the molecule is C=Cc1ccc2c(c1)CCC(C)(C)O2. The van der Waals surface area contributed by atoms with Crippen LogP contribution in [0.3, 0.4) is 0 Å². The van der Waals surface area contributed by atoms with Crippen LogP contribution in [0.1, 0.15) is 31.4 Å². The van der Waals surface area contributed by atoms with E-state index in [1.54, 1.807) is 0 Å². The van der Waals surface area contributed by atoms with Crippen molar-refractivity contribution in [2.75, 3.05) is 0 Å². The summed E-state index contributed by atoms with van der Waals surface area (Å²) in [6.45, 7) is 8.04. The lowest BCUT2D eigenvalue weighted by Crippen LogP contribution is -2.32. The van der Waals surface area contributed by atoms with Crippen molar-refractivity contribution < 1.29 is 4.74 Å². The average molecular weight is 188 g/mol. The van der Waals surface area contributed by atoms with E-state index in [0.29, 0.717) is 0 Å². The molecule has 1 nitrogen and oxygen atoms in total. The van der Waals surface area contributed by atoms with Gasteiger partial charge in [0.25, 0.3) is 0 Å². The highest BCUT2D eigenvalue weighted by molar-refractivity contribution is 5.52. The molecule has 1 aromatic carbocycles. The molecule has 0 fully saturated rings. The van der Waals surface area contributed by atoms with E-state index in [4.69, 9.17) is 4.74 Å². The van der Waals surface area contributed by atoms with E-state index in [1.807, 2.05) is 18.2 Å². The minimum Gasteiger partial charge on any atom is -0.488 e. The Balaban J connectivity index is 2.37. The first-order valence-corrected chi connectivity index (χ1v) is 5.05. The largest absolute Gasteiger partial charge is 0.488 e. The van der Waals surface area contributed by atoms with Gasteiger partial charge in [-0.05, 0) is 49.9 Å². The van der Waals surface area contributed by atoms with Gasteiger partial charge in [0.15, 0.2) is 0 Å². The molecule has 74 valence electrons. The van der Waals surface area contributed by atoms with Gasteiger partial charge in [-0.25, -0.2) is 0 Å². The third-order valence-electron chi connectivity index (χ3n) is 2.70. The Morgan fingerprint density at radius 2 is 2.21 bits per heavy atom. The van der Waals surface area contributed by atoms with Crippen LogP contribution >= 0.6 is 0 Å². The van der Waals surface area contributed by atoms with E-state index in [2.05, 4.69) is 26.5 Å². The molecule has 0 unspecified atom stereocenters. The second kappa shape index (κ2) is 3.16. The molecule has 0 saturated heterocycles. The van der Waals surface area contributed by atoms with Gasteiger partial charge in [-0.15, -0.1) is 0 Å². The van der Waals surface area contributed by atoms with Crippen LogP contribution in [0.4, 0.5) is 0 Å². The molecular weight excluding hydrogens is 172 g/mol. The van der Waals surface area contributed by atoms with E-state index < -0.39 is 0 Å². The number of fused-ring (bicyclic) bond motifs is 1. The number of rotatable bonds is 1. The number of aryl methyl sites for hydroxylation is 1. The first-order valence-electron chi connectivity index (χ1n) is 5.05. The Labute approximate surface area is 85.4 Å².